The van der Waals surface area contributed by atoms with Gasteiger partial charge in [-0.25, -0.2) is 4.79 Å². The normalized spacial score (nSPS) is 12.5. The van der Waals surface area contributed by atoms with Crippen LogP contribution in [0.15, 0.2) is 78.9 Å². The zero-order valence-electron chi connectivity index (χ0n) is 18.7. The minimum absolute atomic E-state index is 0.128. The van der Waals surface area contributed by atoms with E-state index in [-0.39, 0.29) is 12.5 Å². The van der Waals surface area contributed by atoms with Crippen molar-refractivity contribution < 1.29 is 19.4 Å². The molecular weight excluding hydrogens is 418 g/mol. The predicted molar refractivity (Wildman–Crippen MR) is 131 cm³/mol. The fraction of sp³-hybridized carbons (Fsp3) is 0.269. The Balaban J connectivity index is 1.56. The number of carbonyl (C=O) groups is 1. The maximum absolute atomic E-state index is 11.4. The lowest BCUT2D eigenvalue weighted by Crippen LogP contribution is -2.32. The largest absolute Gasteiger partial charge is 0.491 e. The molecule has 1 unspecified atom stereocenters. The Kier molecular flexibility index (Phi) is 9.11. The minimum Gasteiger partial charge on any atom is -0.491 e. The predicted octanol–water partition coefficient (Wildman–Crippen LogP) is 4.00. The second kappa shape index (κ2) is 12.5. The minimum atomic E-state index is -0.608. The lowest BCUT2D eigenvalue weighted by Gasteiger charge is -2.20. The van der Waals surface area contributed by atoms with Crippen LogP contribution in [0.25, 0.3) is 0 Å². The molecule has 3 aromatic rings. The molecule has 0 fully saturated rings. The number of hydrogen-bond acceptors (Lipinski definition) is 6. The average molecular weight is 450 g/mol. The topological polar surface area (TPSA) is 106 Å². The van der Waals surface area contributed by atoms with E-state index in [0.29, 0.717) is 18.8 Å². The zero-order valence-corrected chi connectivity index (χ0v) is 18.7. The monoisotopic (exact) mass is 449 g/mol. The average Bonchev–Trinajstić information content (AvgIpc) is 2.85. The van der Waals surface area contributed by atoms with Gasteiger partial charge in [0.15, 0.2) is 0 Å². The Morgan fingerprint density at radius 1 is 0.970 bits per heavy atom. The second-order valence-corrected chi connectivity index (χ2v) is 7.73. The van der Waals surface area contributed by atoms with Crippen molar-refractivity contribution in [2.45, 2.75) is 18.4 Å². The van der Waals surface area contributed by atoms with Gasteiger partial charge in [0.25, 0.3) is 0 Å². The highest BCUT2D eigenvalue weighted by atomic mass is 16.5. The number of ether oxygens (including phenoxy) is 2. The number of rotatable bonds is 11. The summed E-state index contributed by atoms with van der Waals surface area (Å²) in [6.07, 6.45) is -0.291. The standard InChI is InChI=1S/C26H31N3O4/c1-32-26(31)29-22-13-9-20(10-14-22)25(19-7-11-21(27)12-8-19)15-16-28-17-23(30)18-33-24-5-3-2-4-6-24/h2-14,23,25,28,30H,15-18,27H2,1H3,(H,29,31)/t23-,25?/m0/s1. The molecule has 0 radical (unpaired) electrons. The van der Waals surface area contributed by atoms with E-state index in [0.717, 1.165) is 29.0 Å². The van der Waals surface area contributed by atoms with Crippen LogP contribution in [0.5, 0.6) is 5.75 Å². The van der Waals surface area contributed by atoms with Gasteiger partial charge in [-0.1, -0.05) is 42.5 Å². The van der Waals surface area contributed by atoms with Gasteiger partial charge in [0, 0.05) is 23.8 Å². The molecule has 0 aliphatic carbocycles. The van der Waals surface area contributed by atoms with Gasteiger partial charge in [-0.2, -0.15) is 0 Å². The van der Waals surface area contributed by atoms with E-state index in [4.69, 9.17) is 10.5 Å². The molecule has 0 aromatic heterocycles. The van der Waals surface area contributed by atoms with Crippen LogP contribution in [-0.4, -0.2) is 44.1 Å². The fourth-order valence-corrected chi connectivity index (χ4v) is 3.50. The molecule has 0 spiro atoms. The van der Waals surface area contributed by atoms with Gasteiger partial charge in [-0.05, 0) is 60.5 Å². The fourth-order valence-electron chi connectivity index (χ4n) is 3.50. The Morgan fingerprint density at radius 3 is 2.24 bits per heavy atom. The third-order valence-electron chi connectivity index (χ3n) is 5.26. The lowest BCUT2D eigenvalue weighted by atomic mass is 9.88. The van der Waals surface area contributed by atoms with Gasteiger partial charge in [0.05, 0.1) is 7.11 Å². The number of benzene rings is 3. The number of aliphatic hydroxyl groups excluding tert-OH is 1. The van der Waals surface area contributed by atoms with Crippen LogP contribution < -0.4 is 21.1 Å². The van der Waals surface area contributed by atoms with Crippen LogP contribution in [0, 0.1) is 0 Å². The van der Waals surface area contributed by atoms with Crippen LogP contribution in [0.4, 0.5) is 16.2 Å². The maximum atomic E-state index is 11.4. The summed E-state index contributed by atoms with van der Waals surface area (Å²) in [5.74, 6) is 0.869. The molecule has 3 aromatic carbocycles. The molecule has 7 nitrogen and oxygen atoms in total. The van der Waals surface area contributed by atoms with E-state index in [2.05, 4.69) is 15.4 Å². The highest BCUT2D eigenvalue weighted by Gasteiger charge is 2.15. The van der Waals surface area contributed by atoms with Crippen molar-refractivity contribution in [3.8, 4) is 5.75 Å². The molecule has 5 N–H and O–H groups in total. The molecule has 0 bridgehead atoms. The van der Waals surface area contributed by atoms with Crippen LogP contribution in [0.2, 0.25) is 0 Å². The number of nitrogens with one attached hydrogen (secondary N) is 2. The number of methoxy groups -OCH3 is 1. The number of anilines is 2. The summed E-state index contributed by atoms with van der Waals surface area (Å²) in [5.41, 5.74) is 9.51. The molecule has 0 heterocycles. The van der Waals surface area contributed by atoms with Crippen molar-refractivity contribution in [3.63, 3.8) is 0 Å². The van der Waals surface area contributed by atoms with Crippen molar-refractivity contribution in [2.75, 3.05) is 37.9 Å². The van der Waals surface area contributed by atoms with Crippen LogP contribution in [0.3, 0.4) is 0 Å². The van der Waals surface area contributed by atoms with Gasteiger partial charge >= 0.3 is 6.09 Å². The number of carbonyl (C=O) groups excluding carboxylic acids is 1. The van der Waals surface area contributed by atoms with Gasteiger partial charge in [-0.3, -0.25) is 5.32 Å². The number of nitrogens with two attached hydrogens (primary N) is 1. The first kappa shape index (κ1) is 24.1. The number of aliphatic hydroxyl groups is 1. The molecule has 7 heteroatoms. The molecule has 1 amide bonds. The van der Waals surface area contributed by atoms with E-state index >= 15 is 0 Å². The molecule has 174 valence electrons. The molecule has 3 rings (SSSR count). The van der Waals surface area contributed by atoms with Gasteiger partial charge in [-0.15, -0.1) is 0 Å². The van der Waals surface area contributed by atoms with Crippen molar-refractivity contribution in [3.05, 3.63) is 90.0 Å². The van der Waals surface area contributed by atoms with Crippen LogP contribution in [-0.2, 0) is 4.74 Å². The summed E-state index contributed by atoms with van der Waals surface area (Å²) in [4.78, 5) is 11.4. The van der Waals surface area contributed by atoms with Crippen molar-refractivity contribution in [2.24, 2.45) is 0 Å². The summed E-state index contributed by atoms with van der Waals surface area (Å²) in [7, 11) is 1.33. The van der Waals surface area contributed by atoms with E-state index < -0.39 is 12.2 Å². The van der Waals surface area contributed by atoms with Crippen LogP contribution >= 0.6 is 0 Å². The Hall–Kier alpha value is -3.55. The highest BCUT2D eigenvalue weighted by molar-refractivity contribution is 5.84. The Morgan fingerprint density at radius 2 is 1.61 bits per heavy atom. The molecule has 0 aliphatic heterocycles. The second-order valence-electron chi connectivity index (χ2n) is 7.73. The highest BCUT2D eigenvalue weighted by Crippen LogP contribution is 2.29. The third-order valence-corrected chi connectivity index (χ3v) is 5.26. The number of hydrogen-bond donors (Lipinski definition) is 4. The third kappa shape index (κ3) is 7.82. The molecule has 33 heavy (non-hydrogen) atoms. The maximum Gasteiger partial charge on any atom is 0.411 e. The quantitative estimate of drug-likeness (QED) is 0.260. The summed E-state index contributed by atoms with van der Waals surface area (Å²) < 4.78 is 10.2. The van der Waals surface area contributed by atoms with E-state index in [1.54, 1.807) is 0 Å². The van der Waals surface area contributed by atoms with E-state index in [9.17, 15) is 9.90 Å². The number of para-hydroxylation sites is 1. The summed E-state index contributed by atoms with van der Waals surface area (Å²) in [6.45, 7) is 1.37. The molecule has 0 saturated heterocycles. The van der Waals surface area contributed by atoms with Gasteiger partial charge in [0.1, 0.15) is 18.5 Å². The van der Waals surface area contributed by atoms with Gasteiger partial charge in [0.2, 0.25) is 0 Å². The first-order valence-electron chi connectivity index (χ1n) is 10.9. The molecule has 2 atom stereocenters. The van der Waals surface area contributed by atoms with E-state index in [1.165, 1.54) is 7.11 Å². The molecule has 0 saturated carbocycles. The summed E-state index contributed by atoms with van der Waals surface area (Å²) in [5, 5.41) is 16.2. The van der Waals surface area contributed by atoms with Crippen molar-refractivity contribution in [1.29, 1.82) is 0 Å². The van der Waals surface area contributed by atoms with Crippen molar-refractivity contribution >= 4 is 17.5 Å². The number of nitrogen functional groups attached to an aromatic ring is 1. The Bertz CT molecular complexity index is 979. The lowest BCUT2D eigenvalue weighted by molar-refractivity contribution is 0.106. The number of amides is 1. The van der Waals surface area contributed by atoms with E-state index in [1.807, 2.05) is 78.9 Å². The molecule has 0 aliphatic rings. The summed E-state index contributed by atoms with van der Waals surface area (Å²) in [6, 6.07) is 25.0. The Labute approximate surface area is 194 Å². The summed E-state index contributed by atoms with van der Waals surface area (Å²) >= 11 is 0. The first-order valence-corrected chi connectivity index (χ1v) is 10.9. The smallest absolute Gasteiger partial charge is 0.411 e. The molecular formula is C26H31N3O4. The zero-order chi connectivity index (χ0) is 23.5. The van der Waals surface area contributed by atoms with Gasteiger partial charge < -0.3 is 25.6 Å². The SMILES string of the molecule is COC(=O)Nc1ccc(C(CCNC[C@H](O)COc2ccccc2)c2ccc(N)cc2)cc1. The van der Waals surface area contributed by atoms with Crippen LogP contribution in [0.1, 0.15) is 23.5 Å². The van der Waals surface area contributed by atoms with Crippen molar-refractivity contribution in [1.82, 2.24) is 5.32 Å². The first-order chi connectivity index (χ1) is 16.0.